The lowest BCUT2D eigenvalue weighted by atomic mass is 9.66. The number of ether oxygens (including phenoxy) is 2. The van der Waals surface area contributed by atoms with Crippen molar-refractivity contribution in [1.82, 2.24) is 14.8 Å². The summed E-state index contributed by atoms with van der Waals surface area (Å²) in [6, 6.07) is 2.46. The summed E-state index contributed by atoms with van der Waals surface area (Å²) < 4.78 is 38.4. The molecule has 3 aliphatic rings. The van der Waals surface area contributed by atoms with Gasteiger partial charge in [0.25, 0.3) is 6.43 Å². The van der Waals surface area contributed by atoms with Crippen LogP contribution in [0.2, 0.25) is 5.02 Å². The number of allylic oxidation sites excluding steroid dienone is 1. The summed E-state index contributed by atoms with van der Waals surface area (Å²) in [5.41, 5.74) is 5.07. The van der Waals surface area contributed by atoms with E-state index in [1.807, 2.05) is 0 Å². The van der Waals surface area contributed by atoms with Gasteiger partial charge in [-0.15, -0.1) is 0 Å². The third kappa shape index (κ3) is 6.28. The number of aliphatic carboxylic acids is 1. The van der Waals surface area contributed by atoms with E-state index in [0.717, 1.165) is 11.4 Å². The van der Waals surface area contributed by atoms with Gasteiger partial charge in [-0.05, 0) is 43.9 Å². The third-order valence-electron chi connectivity index (χ3n) is 8.63. The topological polar surface area (TPSA) is 152 Å². The highest BCUT2D eigenvalue weighted by Gasteiger charge is 2.50. The summed E-state index contributed by atoms with van der Waals surface area (Å²) in [5, 5.41) is 11.3. The van der Waals surface area contributed by atoms with E-state index < -0.39 is 42.1 Å². The van der Waals surface area contributed by atoms with Crippen LogP contribution in [0.25, 0.3) is 0 Å². The average Bonchev–Trinajstić information content (AvgIpc) is 2.93. The quantitative estimate of drug-likeness (QED) is 0.282. The summed E-state index contributed by atoms with van der Waals surface area (Å²) >= 11 is 6.62. The van der Waals surface area contributed by atoms with Crippen LogP contribution in [0.4, 0.5) is 8.78 Å². The fraction of sp³-hybridized carbons (Fsp3) is 0.607. The minimum Gasteiger partial charge on any atom is -0.487 e. The molecule has 0 spiro atoms. The molecular weight excluding hydrogens is 576 g/mol. The van der Waals surface area contributed by atoms with Gasteiger partial charge in [-0.1, -0.05) is 24.4 Å². The Kier molecular flexibility index (Phi) is 9.84. The Morgan fingerprint density at radius 1 is 1.31 bits per heavy atom. The number of nitrogens with two attached hydrogens (primary N) is 2. The minimum atomic E-state index is -2.94. The van der Waals surface area contributed by atoms with Crippen molar-refractivity contribution in [3.8, 4) is 5.75 Å². The van der Waals surface area contributed by atoms with Crippen molar-refractivity contribution in [1.29, 1.82) is 0 Å². The van der Waals surface area contributed by atoms with Gasteiger partial charge in [0.2, 0.25) is 11.8 Å². The number of nitrogens with zero attached hydrogens (tertiary/aromatic N) is 3. The number of hydrazine groups is 1. The first-order chi connectivity index (χ1) is 19.9. The number of carboxylic acid groups (broad SMARTS) is 1. The number of halogens is 3. The Bertz CT molecular complexity index is 1240. The number of carbonyl (C=O) groups excluding carboxylic acids is 2. The van der Waals surface area contributed by atoms with Crippen molar-refractivity contribution in [3.63, 3.8) is 0 Å². The van der Waals surface area contributed by atoms with E-state index in [-0.39, 0.29) is 43.0 Å². The van der Waals surface area contributed by atoms with Gasteiger partial charge in [-0.25, -0.2) is 14.6 Å². The van der Waals surface area contributed by atoms with Gasteiger partial charge >= 0.3 is 5.97 Å². The number of hydrogen-bond acceptors (Lipinski definition) is 8. The van der Waals surface area contributed by atoms with Crippen molar-refractivity contribution in [2.45, 2.75) is 51.5 Å². The maximum Gasteiger partial charge on any atom is 0.310 e. The Labute approximate surface area is 248 Å². The first-order valence-corrected chi connectivity index (χ1v) is 14.3. The molecule has 2 fully saturated rings. The molecular formula is C28H38ClF2N5O6. The molecule has 11 nitrogen and oxygen atoms in total. The van der Waals surface area contributed by atoms with Crippen LogP contribution in [0.1, 0.15) is 49.8 Å². The fourth-order valence-corrected chi connectivity index (χ4v) is 6.51. The summed E-state index contributed by atoms with van der Waals surface area (Å²) in [6.45, 7) is 2.05. The predicted molar refractivity (Wildman–Crippen MR) is 149 cm³/mol. The van der Waals surface area contributed by atoms with E-state index in [1.165, 1.54) is 7.05 Å². The molecule has 0 bridgehead atoms. The molecule has 2 aliphatic heterocycles. The molecule has 0 aromatic heterocycles. The molecule has 1 saturated carbocycles. The van der Waals surface area contributed by atoms with Crippen molar-refractivity contribution in [2.24, 2.45) is 22.9 Å². The Morgan fingerprint density at radius 2 is 2.05 bits per heavy atom. The normalized spacial score (nSPS) is 25.2. The van der Waals surface area contributed by atoms with Crippen molar-refractivity contribution < 1.29 is 37.7 Å². The second-order valence-electron chi connectivity index (χ2n) is 11.3. The molecule has 1 saturated heterocycles. The number of rotatable bonds is 9. The Hall–Kier alpha value is -3.16. The molecule has 1 aliphatic carbocycles. The molecule has 3 atom stereocenters. The Morgan fingerprint density at radius 3 is 2.69 bits per heavy atom. The van der Waals surface area contributed by atoms with E-state index in [2.05, 4.69) is 0 Å². The van der Waals surface area contributed by atoms with Gasteiger partial charge < -0.3 is 35.1 Å². The highest BCUT2D eigenvalue weighted by Crippen LogP contribution is 2.46. The molecule has 42 heavy (non-hydrogen) atoms. The summed E-state index contributed by atoms with van der Waals surface area (Å²) in [4.78, 5) is 42.6. The molecule has 2 heterocycles. The van der Waals surface area contributed by atoms with Crippen molar-refractivity contribution in [3.05, 3.63) is 39.7 Å². The zero-order valence-electron chi connectivity index (χ0n) is 23.8. The maximum absolute atomic E-state index is 14.2. The number of amides is 2. The third-order valence-corrected chi connectivity index (χ3v) is 8.98. The molecule has 1 unspecified atom stereocenters. The number of carbonyl (C=O) groups is 3. The number of alkyl halides is 2. The van der Waals surface area contributed by atoms with Crippen molar-refractivity contribution in [2.75, 3.05) is 46.5 Å². The summed E-state index contributed by atoms with van der Waals surface area (Å²) in [7, 11) is 1.24. The van der Waals surface area contributed by atoms with Crippen LogP contribution in [0.5, 0.6) is 5.75 Å². The largest absolute Gasteiger partial charge is 0.487 e. The highest BCUT2D eigenvalue weighted by atomic mass is 35.5. The van der Waals surface area contributed by atoms with Gasteiger partial charge in [0.15, 0.2) is 0 Å². The monoisotopic (exact) mass is 613 g/mol. The van der Waals surface area contributed by atoms with Gasteiger partial charge in [-0.2, -0.15) is 0 Å². The zero-order valence-corrected chi connectivity index (χ0v) is 24.5. The standard InChI is InChI=1S/C28H38ClF2N5O6/c1-28(27(39)40)9-4-3-5-17(28)26(38)36-10-8-16-18(29)6-7-21(42-14-19(32)24(25(30)31)34(2)33)23(16)20(36)13-35-11-12-41-15-22(35)37/h6-7,17,20,25H,3-5,8-15,32-33H2,1-2H3,(H,39,40)/b24-19-/t17-,20?,28-/m0/s1. The second kappa shape index (κ2) is 13.0. The molecule has 1 aromatic rings. The smallest absolute Gasteiger partial charge is 0.310 e. The SMILES string of the molecule is CN(N)/C(=C(\N)COc1ccc(Cl)c2c1C(CN1CCOCC1=O)N(C(=O)[C@@H]1CCCC[C@]1(C)C(=O)O)CC2)C(F)F. The molecule has 232 valence electrons. The first-order valence-electron chi connectivity index (χ1n) is 13.9. The maximum atomic E-state index is 14.2. The number of benzene rings is 1. The van der Waals surface area contributed by atoms with Crippen LogP contribution < -0.4 is 16.3 Å². The van der Waals surface area contributed by atoms with Gasteiger partial charge in [0.05, 0.1) is 29.7 Å². The van der Waals surface area contributed by atoms with Gasteiger partial charge in [0.1, 0.15) is 24.7 Å². The summed E-state index contributed by atoms with van der Waals surface area (Å²) in [5.74, 6) is 3.47. The Balaban J connectivity index is 1.76. The zero-order chi connectivity index (χ0) is 30.8. The predicted octanol–water partition coefficient (Wildman–Crippen LogP) is 2.53. The lowest BCUT2D eigenvalue weighted by Crippen LogP contribution is -2.54. The van der Waals surface area contributed by atoms with Crippen molar-refractivity contribution >= 4 is 29.4 Å². The van der Waals surface area contributed by atoms with Crippen LogP contribution in [-0.4, -0.2) is 90.6 Å². The molecule has 1 aromatic carbocycles. The molecule has 4 rings (SSSR count). The number of carboxylic acids is 1. The first kappa shape index (κ1) is 31.8. The second-order valence-corrected chi connectivity index (χ2v) is 11.7. The van der Waals surface area contributed by atoms with Crippen LogP contribution >= 0.6 is 11.6 Å². The minimum absolute atomic E-state index is 0.0906. The molecule has 14 heteroatoms. The van der Waals surface area contributed by atoms with E-state index in [0.29, 0.717) is 55.0 Å². The van der Waals surface area contributed by atoms with E-state index in [4.69, 9.17) is 32.7 Å². The fourth-order valence-electron chi connectivity index (χ4n) is 6.25. The van der Waals surface area contributed by atoms with Crippen LogP contribution in [0, 0.1) is 11.3 Å². The highest BCUT2D eigenvalue weighted by molar-refractivity contribution is 6.31. The summed E-state index contributed by atoms with van der Waals surface area (Å²) in [6.07, 6.45) is -0.344. The molecule has 0 radical (unpaired) electrons. The van der Waals surface area contributed by atoms with E-state index in [1.54, 1.807) is 28.9 Å². The molecule has 2 amide bonds. The van der Waals surface area contributed by atoms with Crippen LogP contribution in [0.3, 0.4) is 0 Å². The van der Waals surface area contributed by atoms with Gasteiger partial charge in [0, 0.05) is 37.3 Å². The molecule has 5 N–H and O–H groups in total. The average molecular weight is 614 g/mol. The van der Waals surface area contributed by atoms with Gasteiger partial charge in [-0.3, -0.25) is 14.4 Å². The number of morpholine rings is 1. The van der Waals surface area contributed by atoms with E-state index >= 15 is 0 Å². The number of fused-ring (bicyclic) bond motifs is 1. The van der Waals surface area contributed by atoms with Crippen LogP contribution in [-0.2, 0) is 25.5 Å². The lowest BCUT2D eigenvalue weighted by molar-refractivity contribution is -0.163. The number of hydrogen-bond donors (Lipinski definition) is 3. The lowest BCUT2D eigenvalue weighted by Gasteiger charge is -2.45. The van der Waals surface area contributed by atoms with E-state index in [9.17, 15) is 28.3 Å². The van der Waals surface area contributed by atoms with Crippen LogP contribution in [0.15, 0.2) is 23.5 Å².